The minimum Gasteiger partial charge on any atom is -0.364 e. The number of likely N-dealkylation sites (N-methyl/N-ethyl adjacent to an activating group) is 1. The number of thioether (sulfide) groups is 1. The van der Waals surface area contributed by atoms with Crippen LogP contribution in [0.2, 0.25) is 0 Å². The highest BCUT2D eigenvalue weighted by Crippen LogP contribution is 2.24. The third-order valence-corrected chi connectivity index (χ3v) is 3.43. The van der Waals surface area contributed by atoms with Crippen LogP contribution in [0.1, 0.15) is 12.8 Å². The molecule has 2 aliphatic rings. The average molecular weight is 199 g/mol. The summed E-state index contributed by atoms with van der Waals surface area (Å²) in [6, 6.07) is 0.875. The van der Waals surface area contributed by atoms with Gasteiger partial charge in [-0.15, -0.1) is 0 Å². The third-order valence-electron chi connectivity index (χ3n) is 2.50. The minimum absolute atomic E-state index is 0.875. The molecule has 1 fully saturated rings. The fourth-order valence-corrected chi connectivity index (χ4v) is 2.24. The van der Waals surface area contributed by atoms with Crippen LogP contribution in [0, 0.1) is 0 Å². The summed E-state index contributed by atoms with van der Waals surface area (Å²) in [7, 11) is 2.21. The SMILES string of the molecule is CN(CCNC1=NCCS1)C1CC1. The van der Waals surface area contributed by atoms with E-state index in [1.165, 1.54) is 12.8 Å². The molecule has 0 saturated heterocycles. The van der Waals surface area contributed by atoms with Crippen molar-refractivity contribution in [1.29, 1.82) is 0 Å². The predicted octanol–water partition coefficient (Wildman–Crippen LogP) is 0.773. The van der Waals surface area contributed by atoms with E-state index in [1.54, 1.807) is 0 Å². The molecule has 13 heavy (non-hydrogen) atoms. The number of hydrogen-bond donors (Lipinski definition) is 1. The summed E-state index contributed by atoms with van der Waals surface area (Å²) in [6.45, 7) is 3.18. The van der Waals surface area contributed by atoms with Crippen LogP contribution < -0.4 is 5.32 Å². The van der Waals surface area contributed by atoms with E-state index in [2.05, 4.69) is 22.3 Å². The lowest BCUT2D eigenvalue weighted by molar-refractivity contribution is 0.329. The van der Waals surface area contributed by atoms with Crippen LogP contribution in [0.15, 0.2) is 4.99 Å². The summed E-state index contributed by atoms with van der Waals surface area (Å²) in [5.41, 5.74) is 0. The molecule has 0 radical (unpaired) electrons. The highest BCUT2D eigenvalue weighted by molar-refractivity contribution is 8.14. The molecule has 1 aliphatic heterocycles. The molecule has 0 unspecified atom stereocenters. The van der Waals surface area contributed by atoms with Crippen LogP contribution in [-0.2, 0) is 0 Å². The summed E-state index contributed by atoms with van der Waals surface area (Å²) >= 11 is 1.84. The van der Waals surface area contributed by atoms with Crippen molar-refractivity contribution < 1.29 is 0 Å². The van der Waals surface area contributed by atoms with E-state index in [4.69, 9.17) is 0 Å². The molecule has 0 aromatic carbocycles. The second-order valence-corrected chi connectivity index (χ2v) is 4.76. The Labute approximate surface area is 84.0 Å². The van der Waals surface area contributed by atoms with Gasteiger partial charge in [-0.25, -0.2) is 0 Å². The van der Waals surface area contributed by atoms with Gasteiger partial charge in [0, 0.05) is 24.9 Å². The Morgan fingerprint density at radius 2 is 2.46 bits per heavy atom. The van der Waals surface area contributed by atoms with Crippen molar-refractivity contribution in [2.45, 2.75) is 18.9 Å². The molecule has 2 rings (SSSR count). The van der Waals surface area contributed by atoms with Crippen LogP contribution >= 0.6 is 11.8 Å². The maximum Gasteiger partial charge on any atom is 0.156 e. The number of rotatable bonds is 4. The number of aliphatic imine (C=N–C) groups is 1. The van der Waals surface area contributed by atoms with Gasteiger partial charge in [-0.3, -0.25) is 4.99 Å². The molecule has 0 atom stereocenters. The van der Waals surface area contributed by atoms with E-state index in [0.717, 1.165) is 36.6 Å². The molecule has 0 aromatic heterocycles. The van der Waals surface area contributed by atoms with E-state index in [9.17, 15) is 0 Å². The lowest BCUT2D eigenvalue weighted by Crippen LogP contribution is -2.32. The van der Waals surface area contributed by atoms with Crippen molar-refractivity contribution >= 4 is 16.9 Å². The quantitative estimate of drug-likeness (QED) is 0.725. The number of nitrogens with zero attached hydrogens (tertiary/aromatic N) is 2. The second kappa shape index (κ2) is 4.33. The zero-order chi connectivity index (χ0) is 9.10. The Balaban J connectivity index is 1.57. The van der Waals surface area contributed by atoms with Gasteiger partial charge in [-0.2, -0.15) is 0 Å². The maximum absolute atomic E-state index is 4.34. The molecule has 1 aliphatic carbocycles. The van der Waals surface area contributed by atoms with Crippen LogP contribution in [0.5, 0.6) is 0 Å². The number of hydrogen-bond acceptors (Lipinski definition) is 4. The molecule has 1 heterocycles. The molecule has 0 spiro atoms. The van der Waals surface area contributed by atoms with Gasteiger partial charge in [-0.05, 0) is 19.9 Å². The molecule has 0 aromatic rings. The van der Waals surface area contributed by atoms with Crippen LogP contribution in [0.25, 0.3) is 0 Å². The Hall–Kier alpha value is -0.220. The Bertz CT molecular complexity index is 201. The van der Waals surface area contributed by atoms with Gasteiger partial charge in [-0.1, -0.05) is 11.8 Å². The van der Waals surface area contributed by atoms with Gasteiger partial charge in [0.1, 0.15) is 0 Å². The highest BCUT2D eigenvalue weighted by Gasteiger charge is 2.25. The van der Waals surface area contributed by atoms with Gasteiger partial charge in [0.25, 0.3) is 0 Å². The summed E-state index contributed by atoms with van der Waals surface area (Å²) in [6.07, 6.45) is 2.79. The molecular weight excluding hydrogens is 182 g/mol. The van der Waals surface area contributed by atoms with Gasteiger partial charge >= 0.3 is 0 Å². The summed E-state index contributed by atoms with van der Waals surface area (Å²) in [5.74, 6) is 1.15. The summed E-state index contributed by atoms with van der Waals surface area (Å²) in [5, 5.41) is 4.51. The predicted molar refractivity (Wildman–Crippen MR) is 58.4 cm³/mol. The van der Waals surface area contributed by atoms with Gasteiger partial charge in [0.15, 0.2) is 5.17 Å². The standard InChI is InChI=1S/C9H17N3S/c1-12(8-2-3-8)6-4-10-9-11-5-7-13-9/h8H,2-7H2,1H3,(H,10,11). The Morgan fingerprint density at radius 3 is 3.08 bits per heavy atom. The van der Waals surface area contributed by atoms with E-state index in [1.807, 2.05) is 11.8 Å². The summed E-state index contributed by atoms with van der Waals surface area (Å²) in [4.78, 5) is 6.78. The van der Waals surface area contributed by atoms with Gasteiger partial charge in [0.2, 0.25) is 0 Å². The first-order chi connectivity index (χ1) is 6.36. The maximum atomic E-state index is 4.34. The normalized spacial score (nSPS) is 22.2. The first-order valence-corrected chi connectivity index (χ1v) is 5.96. The fraction of sp³-hybridized carbons (Fsp3) is 0.889. The molecule has 1 N–H and O–H groups in total. The van der Waals surface area contributed by atoms with E-state index < -0.39 is 0 Å². The van der Waals surface area contributed by atoms with Crippen molar-refractivity contribution in [2.24, 2.45) is 4.99 Å². The third kappa shape index (κ3) is 2.88. The van der Waals surface area contributed by atoms with Crippen molar-refractivity contribution in [2.75, 3.05) is 32.4 Å². The molecule has 0 bridgehead atoms. The molecule has 0 amide bonds. The monoisotopic (exact) mass is 199 g/mol. The second-order valence-electron chi connectivity index (χ2n) is 3.67. The molecule has 4 heteroatoms. The molecule has 3 nitrogen and oxygen atoms in total. The van der Waals surface area contributed by atoms with Crippen molar-refractivity contribution in [3.8, 4) is 0 Å². The molecule has 74 valence electrons. The van der Waals surface area contributed by atoms with E-state index >= 15 is 0 Å². The average Bonchev–Trinajstić information content (AvgIpc) is 2.86. The Kier molecular flexibility index (Phi) is 3.11. The zero-order valence-electron chi connectivity index (χ0n) is 8.12. The van der Waals surface area contributed by atoms with E-state index in [0.29, 0.717) is 0 Å². The Morgan fingerprint density at radius 1 is 1.62 bits per heavy atom. The molecular formula is C9H17N3S. The van der Waals surface area contributed by atoms with Crippen molar-refractivity contribution in [3.05, 3.63) is 0 Å². The number of amidine groups is 1. The first-order valence-electron chi connectivity index (χ1n) is 4.97. The van der Waals surface area contributed by atoms with Crippen LogP contribution in [-0.4, -0.2) is 48.5 Å². The lowest BCUT2D eigenvalue weighted by Gasteiger charge is -2.15. The lowest BCUT2D eigenvalue weighted by atomic mass is 10.5. The zero-order valence-corrected chi connectivity index (χ0v) is 8.94. The van der Waals surface area contributed by atoms with Crippen molar-refractivity contribution in [1.82, 2.24) is 10.2 Å². The minimum atomic E-state index is 0.875. The largest absolute Gasteiger partial charge is 0.364 e. The van der Waals surface area contributed by atoms with Gasteiger partial charge < -0.3 is 10.2 Å². The fourth-order valence-electron chi connectivity index (χ4n) is 1.48. The first kappa shape index (κ1) is 9.34. The smallest absolute Gasteiger partial charge is 0.156 e. The van der Waals surface area contributed by atoms with Crippen LogP contribution in [0.4, 0.5) is 0 Å². The number of nitrogens with one attached hydrogen (secondary N) is 1. The highest BCUT2D eigenvalue weighted by atomic mass is 32.2. The topological polar surface area (TPSA) is 27.6 Å². The van der Waals surface area contributed by atoms with Crippen molar-refractivity contribution in [3.63, 3.8) is 0 Å². The van der Waals surface area contributed by atoms with Gasteiger partial charge in [0.05, 0.1) is 6.54 Å². The summed E-state index contributed by atoms with van der Waals surface area (Å²) < 4.78 is 0. The van der Waals surface area contributed by atoms with E-state index in [-0.39, 0.29) is 0 Å². The molecule has 1 saturated carbocycles. The van der Waals surface area contributed by atoms with Crippen LogP contribution in [0.3, 0.4) is 0 Å².